The maximum Gasteiger partial charge on any atom is 0.230 e. The Morgan fingerprint density at radius 1 is 1.21 bits per heavy atom. The van der Waals surface area contributed by atoms with E-state index in [1.165, 1.54) is 0 Å². The van der Waals surface area contributed by atoms with E-state index in [0.717, 1.165) is 24.2 Å². The predicted octanol–water partition coefficient (Wildman–Crippen LogP) is 2.24. The minimum absolute atomic E-state index is 0.0416. The first-order valence-corrected chi connectivity index (χ1v) is 9.64. The summed E-state index contributed by atoms with van der Waals surface area (Å²) in [5.41, 5.74) is 0.494. The van der Waals surface area contributed by atoms with Crippen LogP contribution in [0.1, 0.15) is 24.2 Å². The van der Waals surface area contributed by atoms with Crippen LogP contribution >= 0.6 is 0 Å². The molecular formula is C21H24N6O2. The highest BCUT2D eigenvalue weighted by atomic mass is 16.5. The van der Waals surface area contributed by atoms with Crippen LogP contribution in [0, 0.1) is 6.92 Å². The van der Waals surface area contributed by atoms with Crippen LogP contribution in [-0.2, 0) is 10.2 Å². The predicted molar refractivity (Wildman–Crippen MR) is 109 cm³/mol. The van der Waals surface area contributed by atoms with Gasteiger partial charge in [-0.15, -0.1) is 0 Å². The topological polar surface area (TPSA) is 94.0 Å². The smallest absolute Gasteiger partial charge is 0.230 e. The van der Waals surface area contributed by atoms with E-state index in [1.807, 2.05) is 49.5 Å². The number of carbonyl (C=O) groups is 1. The molecule has 2 aromatic heterocycles. The molecule has 0 unspecified atom stereocenters. The standard InChI is InChI=1S/C21H24N6O2/c1-15-25-18(14-19(26-15)27-13-5-10-24-27)22-11-12-23-20(28)21(8-9-21)16-6-3-4-7-17(16)29-2/h3-7,10,13-14H,8-9,11-12H2,1-2H3,(H,23,28)(H,22,25,26). The molecule has 150 valence electrons. The van der Waals surface area contributed by atoms with Gasteiger partial charge in [0.2, 0.25) is 5.91 Å². The highest BCUT2D eigenvalue weighted by Gasteiger charge is 2.52. The maximum atomic E-state index is 12.8. The van der Waals surface area contributed by atoms with Gasteiger partial charge in [-0.2, -0.15) is 5.10 Å². The Balaban J connectivity index is 1.35. The summed E-state index contributed by atoms with van der Waals surface area (Å²) in [6, 6.07) is 11.4. The van der Waals surface area contributed by atoms with Crippen molar-refractivity contribution >= 4 is 11.7 Å². The van der Waals surface area contributed by atoms with Crippen molar-refractivity contribution in [3.8, 4) is 11.6 Å². The Labute approximate surface area is 169 Å². The number of carbonyl (C=O) groups excluding carboxylic acids is 1. The van der Waals surface area contributed by atoms with Gasteiger partial charge in [-0.25, -0.2) is 14.6 Å². The van der Waals surface area contributed by atoms with Gasteiger partial charge in [-0.1, -0.05) is 18.2 Å². The lowest BCUT2D eigenvalue weighted by molar-refractivity contribution is -0.123. The fraction of sp³-hybridized carbons (Fsp3) is 0.333. The van der Waals surface area contributed by atoms with Crippen molar-refractivity contribution in [1.82, 2.24) is 25.1 Å². The van der Waals surface area contributed by atoms with Crippen molar-refractivity contribution in [1.29, 1.82) is 0 Å². The number of para-hydroxylation sites is 1. The summed E-state index contributed by atoms with van der Waals surface area (Å²) < 4.78 is 7.13. The zero-order valence-corrected chi connectivity index (χ0v) is 16.6. The van der Waals surface area contributed by atoms with Gasteiger partial charge < -0.3 is 15.4 Å². The molecule has 4 rings (SSSR count). The van der Waals surface area contributed by atoms with E-state index >= 15 is 0 Å². The van der Waals surface area contributed by atoms with E-state index in [9.17, 15) is 4.79 Å². The van der Waals surface area contributed by atoms with E-state index in [4.69, 9.17) is 4.74 Å². The van der Waals surface area contributed by atoms with Crippen molar-refractivity contribution in [2.75, 3.05) is 25.5 Å². The summed E-state index contributed by atoms with van der Waals surface area (Å²) in [4.78, 5) is 21.6. The molecule has 1 fully saturated rings. The number of aromatic nitrogens is 4. The van der Waals surface area contributed by atoms with E-state index < -0.39 is 5.41 Å². The van der Waals surface area contributed by atoms with Crippen molar-refractivity contribution in [3.63, 3.8) is 0 Å². The number of hydrogen-bond donors (Lipinski definition) is 2. The summed E-state index contributed by atoms with van der Waals surface area (Å²) in [7, 11) is 1.64. The summed E-state index contributed by atoms with van der Waals surface area (Å²) in [6.07, 6.45) is 5.21. The van der Waals surface area contributed by atoms with Gasteiger partial charge >= 0.3 is 0 Å². The fourth-order valence-corrected chi connectivity index (χ4v) is 3.48. The van der Waals surface area contributed by atoms with Crippen LogP contribution in [0.4, 0.5) is 5.82 Å². The molecule has 1 amide bonds. The summed E-state index contributed by atoms with van der Waals surface area (Å²) in [5.74, 6) is 2.85. The largest absolute Gasteiger partial charge is 0.496 e. The average Bonchev–Trinajstić information content (AvgIpc) is 3.36. The molecule has 0 aliphatic heterocycles. The Morgan fingerprint density at radius 2 is 2.03 bits per heavy atom. The number of methoxy groups -OCH3 is 1. The Hall–Kier alpha value is -3.42. The molecular weight excluding hydrogens is 368 g/mol. The van der Waals surface area contributed by atoms with E-state index in [-0.39, 0.29) is 5.91 Å². The Morgan fingerprint density at radius 3 is 2.76 bits per heavy atom. The fourth-order valence-electron chi connectivity index (χ4n) is 3.48. The van der Waals surface area contributed by atoms with E-state index in [0.29, 0.717) is 30.5 Å². The van der Waals surface area contributed by atoms with E-state index in [1.54, 1.807) is 18.0 Å². The molecule has 2 N–H and O–H groups in total. The van der Waals surface area contributed by atoms with Crippen LogP contribution < -0.4 is 15.4 Å². The van der Waals surface area contributed by atoms with Crippen molar-refractivity contribution in [3.05, 3.63) is 60.2 Å². The number of rotatable bonds is 8. The van der Waals surface area contributed by atoms with Crippen LogP contribution in [-0.4, -0.2) is 45.9 Å². The number of benzene rings is 1. The molecule has 8 nitrogen and oxygen atoms in total. The average molecular weight is 392 g/mol. The second-order valence-electron chi connectivity index (χ2n) is 7.07. The molecule has 1 aliphatic carbocycles. The third-order valence-corrected chi connectivity index (χ3v) is 5.09. The normalized spacial score (nSPS) is 14.3. The number of anilines is 1. The van der Waals surface area contributed by atoms with Gasteiger partial charge in [-0.05, 0) is 31.9 Å². The first-order valence-electron chi connectivity index (χ1n) is 9.64. The van der Waals surface area contributed by atoms with Crippen LogP contribution in [0.5, 0.6) is 5.75 Å². The number of nitrogens with zero attached hydrogens (tertiary/aromatic N) is 4. The lowest BCUT2D eigenvalue weighted by atomic mass is 9.94. The first-order chi connectivity index (χ1) is 14.1. The molecule has 1 aliphatic rings. The SMILES string of the molecule is COc1ccccc1C1(C(=O)NCCNc2cc(-n3cccn3)nc(C)n2)CC1. The third kappa shape index (κ3) is 3.91. The number of amides is 1. The zero-order chi connectivity index (χ0) is 20.3. The molecule has 8 heteroatoms. The summed E-state index contributed by atoms with van der Waals surface area (Å²) >= 11 is 0. The van der Waals surface area contributed by atoms with Crippen LogP contribution in [0.2, 0.25) is 0 Å². The molecule has 1 saturated carbocycles. The summed E-state index contributed by atoms with van der Waals surface area (Å²) in [5, 5.41) is 10.5. The van der Waals surface area contributed by atoms with Crippen molar-refractivity contribution in [2.24, 2.45) is 0 Å². The minimum atomic E-state index is -0.467. The quantitative estimate of drug-likeness (QED) is 0.571. The minimum Gasteiger partial charge on any atom is -0.496 e. The van der Waals surface area contributed by atoms with Crippen molar-refractivity contribution < 1.29 is 9.53 Å². The first kappa shape index (κ1) is 18.9. The molecule has 1 aromatic carbocycles. The highest BCUT2D eigenvalue weighted by molar-refractivity contribution is 5.92. The van der Waals surface area contributed by atoms with Gasteiger partial charge in [0.25, 0.3) is 0 Å². The Bertz CT molecular complexity index is 998. The molecule has 3 aromatic rings. The molecule has 0 spiro atoms. The molecule has 2 heterocycles. The van der Waals surface area contributed by atoms with Gasteiger partial charge in [0.1, 0.15) is 17.4 Å². The Kier molecular flexibility index (Phi) is 5.16. The van der Waals surface area contributed by atoms with E-state index in [2.05, 4.69) is 25.7 Å². The lowest BCUT2D eigenvalue weighted by Gasteiger charge is -2.18. The maximum absolute atomic E-state index is 12.8. The monoisotopic (exact) mass is 392 g/mol. The number of aryl methyl sites for hydroxylation is 1. The number of hydrogen-bond acceptors (Lipinski definition) is 6. The van der Waals surface area contributed by atoms with Gasteiger partial charge in [-0.3, -0.25) is 4.79 Å². The van der Waals surface area contributed by atoms with Crippen LogP contribution in [0.25, 0.3) is 5.82 Å². The van der Waals surface area contributed by atoms with Crippen molar-refractivity contribution in [2.45, 2.75) is 25.2 Å². The molecule has 0 atom stereocenters. The zero-order valence-electron chi connectivity index (χ0n) is 16.6. The van der Waals surface area contributed by atoms with Crippen LogP contribution in [0.15, 0.2) is 48.8 Å². The van der Waals surface area contributed by atoms with Gasteiger partial charge in [0.05, 0.1) is 12.5 Å². The molecule has 0 radical (unpaired) electrons. The van der Waals surface area contributed by atoms with Crippen LogP contribution in [0.3, 0.4) is 0 Å². The second-order valence-corrected chi connectivity index (χ2v) is 7.07. The van der Waals surface area contributed by atoms with Gasteiger partial charge in [0.15, 0.2) is 5.82 Å². The molecule has 0 bridgehead atoms. The van der Waals surface area contributed by atoms with Gasteiger partial charge in [0, 0.05) is 37.1 Å². The third-order valence-electron chi connectivity index (χ3n) is 5.09. The second kappa shape index (κ2) is 7.90. The lowest BCUT2D eigenvalue weighted by Crippen LogP contribution is -2.37. The summed E-state index contributed by atoms with van der Waals surface area (Å²) in [6.45, 7) is 2.89. The molecule has 29 heavy (non-hydrogen) atoms. The highest BCUT2D eigenvalue weighted by Crippen LogP contribution is 2.51. The number of ether oxygens (including phenoxy) is 1. The molecule has 0 saturated heterocycles. The number of nitrogens with one attached hydrogen (secondary N) is 2.